The molecular formula is C26H26FN3O. The van der Waals surface area contributed by atoms with Gasteiger partial charge >= 0.3 is 0 Å². The third-order valence-corrected chi connectivity index (χ3v) is 7.35. The summed E-state index contributed by atoms with van der Waals surface area (Å²) in [5, 5.41) is 12.4. The van der Waals surface area contributed by atoms with Crippen molar-refractivity contribution in [3.8, 4) is 0 Å². The first-order chi connectivity index (χ1) is 15.2. The van der Waals surface area contributed by atoms with Crippen molar-refractivity contribution >= 4 is 16.4 Å². The summed E-state index contributed by atoms with van der Waals surface area (Å²) in [5.41, 5.74) is 5.40. The molecule has 0 aliphatic heterocycles. The predicted octanol–water partition coefficient (Wildman–Crippen LogP) is 5.91. The number of aliphatic hydroxyl groups excluding tert-OH is 1. The Bertz CT molecular complexity index is 1250. The molecule has 2 aliphatic carbocycles. The van der Waals surface area contributed by atoms with E-state index in [1.807, 2.05) is 24.8 Å². The van der Waals surface area contributed by atoms with Gasteiger partial charge in [0, 0.05) is 11.6 Å². The van der Waals surface area contributed by atoms with Gasteiger partial charge in [-0.05, 0) is 97.7 Å². The van der Waals surface area contributed by atoms with Gasteiger partial charge in [0.1, 0.15) is 5.82 Å². The van der Waals surface area contributed by atoms with E-state index in [0.29, 0.717) is 11.8 Å². The van der Waals surface area contributed by atoms with Gasteiger partial charge in [-0.15, -0.1) is 0 Å². The zero-order valence-corrected chi connectivity index (χ0v) is 17.4. The smallest absolute Gasteiger partial charge is 0.123 e. The van der Waals surface area contributed by atoms with Crippen molar-refractivity contribution < 1.29 is 9.50 Å². The standard InChI is InChI=1S/C26H26FN3O/c27-19-7-10-24-23(13-19)21(11-12-29-24)16-3-5-18(6-4-16)26(31)25-22(17-1-2-17)9-8-20-14-28-15-30(20)25/h7-18,26,31H,1-6H2/t16-,18-,26-/m1/s1. The number of aliphatic hydroxyl groups is 1. The molecule has 5 heteroatoms. The normalized spacial score (nSPS) is 22.8. The molecule has 3 aromatic heterocycles. The molecule has 0 radical (unpaired) electrons. The van der Waals surface area contributed by atoms with Crippen molar-refractivity contribution in [1.82, 2.24) is 14.4 Å². The molecule has 0 bridgehead atoms. The number of halogens is 1. The topological polar surface area (TPSA) is 50.4 Å². The molecule has 2 saturated carbocycles. The van der Waals surface area contributed by atoms with Gasteiger partial charge < -0.3 is 9.51 Å². The summed E-state index contributed by atoms with van der Waals surface area (Å²) in [7, 11) is 0. The summed E-state index contributed by atoms with van der Waals surface area (Å²) >= 11 is 0. The molecule has 1 aromatic carbocycles. The lowest BCUT2D eigenvalue weighted by Gasteiger charge is -2.33. The fraction of sp³-hybridized carbons (Fsp3) is 0.385. The number of nitrogens with zero attached hydrogens (tertiary/aromatic N) is 3. The van der Waals surface area contributed by atoms with E-state index in [2.05, 4.69) is 26.5 Å². The first kappa shape index (κ1) is 18.9. The van der Waals surface area contributed by atoms with E-state index in [9.17, 15) is 9.50 Å². The van der Waals surface area contributed by atoms with Crippen molar-refractivity contribution in [2.45, 2.75) is 56.5 Å². The highest BCUT2D eigenvalue weighted by Gasteiger charge is 2.34. The summed E-state index contributed by atoms with van der Waals surface area (Å²) in [4.78, 5) is 8.71. The molecule has 0 unspecified atom stereocenters. The number of imidazole rings is 1. The Labute approximate surface area is 180 Å². The van der Waals surface area contributed by atoms with Gasteiger partial charge in [-0.2, -0.15) is 0 Å². The summed E-state index contributed by atoms with van der Waals surface area (Å²) in [6.45, 7) is 0. The molecule has 158 valence electrons. The van der Waals surface area contributed by atoms with Crippen LogP contribution in [0.1, 0.15) is 73.3 Å². The molecule has 0 amide bonds. The Kier molecular flexibility index (Phi) is 4.53. The molecular weight excluding hydrogens is 389 g/mol. The van der Waals surface area contributed by atoms with Crippen molar-refractivity contribution in [3.63, 3.8) is 0 Å². The number of hydrogen-bond acceptors (Lipinski definition) is 3. The van der Waals surface area contributed by atoms with Crippen molar-refractivity contribution in [2.75, 3.05) is 0 Å². The largest absolute Gasteiger partial charge is 0.387 e. The fourth-order valence-electron chi connectivity index (χ4n) is 5.55. The molecule has 4 aromatic rings. The van der Waals surface area contributed by atoms with E-state index in [-0.39, 0.29) is 11.7 Å². The molecule has 0 spiro atoms. The van der Waals surface area contributed by atoms with Gasteiger partial charge in [-0.1, -0.05) is 6.07 Å². The van der Waals surface area contributed by atoms with Crippen LogP contribution in [0, 0.1) is 11.7 Å². The second kappa shape index (κ2) is 7.41. The first-order valence-corrected chi connectivity index (χ1v) is 11.4. The second-order valence-electron chi connectivity index (χ2n) is 9.25. The van der Waals surface area contributed by atoms with Crippen LogP contribution in [0.4, 0.5) is 4.39 Å². The lowest BCUT2D eigenvalue weighted by molar-refractivity contribution is 0.0755. The third kappa shape index (κ3) is 3.32. The fourth-order valence-corrected chi connectivity index (χ4v) is 5.55. The summed E-state index contributed by atoms with van der Waals surface area (Å²) in [5.74, 6) is 0.965. The van der Waals surface area contributed by atoms with E-state index < -0.39 is 6.10 Å². The quantitative estimate of drug-likeness (QED) is 0.451. The van der Waals surface area contributed by atoms with Crippen LogP contribution < -0.4 is 0 Å². The maximum Gasteiger partial charge on any atom is 0.123 e. The molecule has 2 fully saturated rings. The van der Waals surface area contributed by atoms with E-state index >= 15 is 0 Å². The Balaban J connectivity index is 1.27. The van der Waals surface area contributed by atoms with Gasteiger partial charge in [0.2, 0.25) is 0 Å². The predicted molar refractivity (Wildman–Crippen MR) is 119 cm³/mol. The zero-order chi connectivity index (χ0) is 20.9. The SMILES string of the molecule is O[C@@H](c1c(C2CC2)ccc2cncn12)[C@H]1CC[C@H](c2ccnc3ccc(F)cc32)CC1. The number of fused-ring (bicyclic) bond motifs is 2. The molecule has 1 N–H and O–H groups in total. The summed E-state index contributed by atoms with van der Waals surface area (Å²) in [6.07, 6.45) is 11.4. The van der Waals surface area contributed by atoms with Gasteiger partial charge in [-0.3, -0.25) is 4.98 Å². The Morgan fingerprint density at radius 2 is 1.71 bits per heavy atom. The number of pyridine rings is 2. The van der Waals surface area contributed by atoms with Crippen molar-refractivity contribution in [3.05, 3.63) is 77.8 Å². The first-order valence-electron chi connectivity index (χ1n) is 11.4. The minimum Gasteiger partial charge on any atom is -0.387 e. The van der Waals surface area contributed by atoms with E-state index in [4.69, 9.17) is 0 Å². The minimum atomic E-state index is -0.485. The van der Waals surface area contributed by atoms with Crippen molar-refractivity contribution in [1.29, 1.82) is 0 Å². The monoisotopic (exact) mass is 415 g/mol. The van der Waals surface area contributed by atoms with Crippen LogP contribution in [-0.4, -0.2) is 19.5 Å². The van der Waals surface area contributed by atoms with Crippen LogP contribution >= 0.6 is 0 Å². The molecule has 4 nitrogen and oxygen atoms in total. The van der Waals surface area contributed by atoms with Gasteiger partial charge in [0.05, 0.1) is 35.4 Å². The van der Waals surface area contributed by atoms with Crippen LogP contribution in [0.2, 0.25) is 0 Å². The van der Waals surface area contributed by atoms with Crippen LogP contribution in [0.15, 0.2) is 55.1 Å². The summed E-state index contributed by atoms with van der Waals surface area (Å²) in [6, 6.07) is 11.2. The zero-order valence-electron chi connectivity index (χ0n) is 17.4. The lowest BCUT2D eigenvalue weighted by atomic mass is 9.75. The van der Waals surface area contributed by atoms with Gasteiger partial charge in [-0.25, -0.2) is 9.37 Å². The highest BCUT2D eigenvalue weighted by Crippen LogP contribution is 2.47. The highest BCUT2D eigenvalue weighted by molar-refractivity contribution is 5.82. The average molecular weight is 416 g/mol. The Morgan fingerprint density at radius 1 is 0.935 bits per heavy atom. The maximum absolute atomic E-state index is 13.9. The minimum absolute atomic E-state index is 0.216. The Morgan fingerprint density at radius 3 is 2.52 bits per heavy atom. The lowest BCUT2D eigenvalue weighted by Crippen LogP contribution is -2.22. The van der Waals surface area contributed by atoms with Crippen LogP contribution in [0.5, 0.6) is 0 Å². The Hall–Kier alpha value is -2.79. The molecule has 2 aliphatic rings. The van der Waals surface area contributed by atoms with Gasteiger partial charge in [0.15, 0.2) is 0 Å². The van der Waals surface area contributed by atoms with Crippen LogP contribution in [0.25, 0.3) is 16.4 Å². The molecule has 6 rings (SSSR count). The number of rotatable bonds is 4. The van der Waals surface area contributed by atoms with Crippen molar-refractivity contribution in [2.24, 2.45) is 5.92 Å². The van der Waals surface area contributed by atoms with E-state index in [0.717, 1.165) is 47.8 Å². The molecule has 1 atom stereocenters. The van der Waals surface area contributed by atoms with Crippen LogP contribution in [-0.2, 0) is 0 Å². The van der Waals surface area contributed by atoms with E-state index in [1.54, 1.807) is 12.1 Å². The summed E-state index contributed by atoms with van der Waals surface area (Å²) < 4.78 is 16.0. The molecule has 0 saturated heterocycles. The average Bonchev–Trinajstić information content (AvgIpc) is 3.54. The molecule has 3 heterocycles. The maximum atomic E-state index is 13.9. The van der Waals surface area contributed by atoms with Gasteiger partial charge in [0.25, 0.3) is 0 Å². The number of hydrogen-bond donors (Lipinski definition) is 1. The number of aromatic nitrogens is 3. The molecule has 31 heavy (non-hydrogen) atoms. The third-order valence-electron chi connectivity index (χ3n) is 7.35. The van der Waals surface area contributed by atoms with E-state index in [1.165, 1.54) is 30.0 Å². The highest BCUT2D eigenvalue weighted by atomic mass is 19.1. The second-order valence-corrected chi connectivity index (χ2v) is 9.25. The number of benzene rings is 1. The van der Waals surface area contributed by atoms with Crippen LogP contribution in [0.3, 0.4) is 0 Å².